The van der Waals surface area contributed by atoms with Crippen molar-refractivity contribution in [3.8, 4) is 0 Å². The first-order chi connectivity index (χ1) is 10.3. The summed E-state index contributed by atoms with van der Waals surface area (Å²) < 4.78 is 0. The summed E-state index contributed by atoms with van der Waals surface area (Å²) in [6.07, 6.45) is 3.53. The number of hydrogen-bond acceptors (Lipinski definition) is 4. The zero-order valence-electron chi connectivity index (χ0n) is 11.6. The summed E-state index contributed by atoms with van der Waals surface area (Å²) in [4.78, 5) is 8.68. The van der Waals surface area contributed by atoms with E-state index in [0.717, 1.165) is 34.6 Å². The maximum absolute atomic E-state index is 6.21. The van der Waals surface area contributed by atoms with E-state index in [4.69, 9.17) is 11.6 Å². The minimum Gasteiger partial charge on any atom is -0.370 e. The average molecular weight is 299 g/mol. The molecule has 0 radical (unpaired) electrons. The molecule has 3 rings (SSSR count). The minimum absolute atomic E-state index is 0.701. The van der Waals surface area contributed by atoms with E-state index in [1.54, 1.807) is 12.4 Å². The number of pyridine rings is 2. The Morgan fingerprint density at radius 1 is 1.10 bits per heavy atom. The lowest BCUT2D eigenvalue weighted by molar-refractivity contribution is 1.16. The van der Waals surface area contributed by atoms with Crippen LogP contribution in [-0.4, -0.2) is 16.5 Å². The summed E-state index contributed by atoms with van der Waals surface area (Å²) >= 11 is 6.21. The van der Waals surface area contributed by atoms with Crippen molar-refractivity contribution in [1.29, 1.82) is 0 Å². The van der Waals surface area contributed by atoms with Gasteiger partial charge in [-0.2, -0.15) is 0 Å². The van der Waals surface area contributed by atoms with Crippen molar-refractivity contribution in [3.63, 3.8) is 0 Å². The van der Waals surface area contributed by atoms with Crippen molar-refractivity contribution in [1.82, 2.24) is 9.97 Å². The Balaban J connectivity index is 1.98. The second kappa shape index (κ2) is 5.97. The first kappa shape index (κ1) is 13.6. The molecule has 0 aliphatic heterocycles. The zero-order chi connectivity index (χ0) is 14.7. The van der Waals surface area contributed by atoms with Crippen LogP contribution in [0.2, 0.25) is 5.02 Å². The molecule has 5 heteroatoms. The molecule has 0 unspecified atom stereocenters. The van der Waals surface area contributed by atoms with Crippen LogP contribution in [0.4, 0.5) is 17.2 Å². The molecule has 3 aromatic rings. The highest BCUT2D eigenvalue weighted by atomic mass is 35.5. The van der Waals surface area contributed by atoms with Gasteiger partial charge in [0.05, 0.1) is 16.2 Å². The molecule has 0 saturated heterocycles. The Morgan fingerprint density at radius 2 is 2.00 bits per heavy atom. The van der Waals surface area contributed by atoms with Gasteiger partial charge in [0, 0.05) is 36.1 Å². The van der Waals surface area contributed by atoms with Crippen molar-refractivity contribution >= 4 is 39.7 Å². The SMILES string of the molecule is CCNc1cc(Nc2ccc(Cl)c3cccnc23)ccn1. The molecule has 21 heavy (non-hydrogen) atoms. The first-order valence-electron chi connectivity index (χ1n) is 6.78. The van der Waals surface area contributed by atoms with Crippen molar-refractivity contribution < 1.29 is 0 Å². The van der Waals surface area contributed by atoms with Crippen LogP contribution in [0.15, 0.2) is 48.8 Å². The van der Waals surface area contributed by atoms with Gasteiger partial charge in [-0.1, -0.05) is 11.6 Å². The number of rotatable bonds is 4. The molecule has 0 amide bonds. The van der Waals surface area contributed by atoms with Crippen molar-refractivity contribution in [2.24, 2.45) is 0 Å². The third kappa shape index (κ3) is 2.90. The molecule has 0 atom stereocenters. The standard InChI is InChI=1S/C16H15ClN4/c1-2-18-15-10-11(7-9-19-15)21-14-6-5-13(17)12-4-3-8-20-16(12)14/h3-10H,2H2,1H3,(H2,18,19,21). The second-order valence-corrected chi connectivity index (χ2v) is 4.99. The quantitative estimate of drug-likeness (QED) is 0.746. The normalized spacial score (nSPS) is 10.6. The molecule has 0 bridgehead atoms. The highest BCUT2D eigenvalue weighted by Crippen LogP contribution is 2.30. The summed E-state index contributed by atoms with van der Waals surface area (Å²) in [5, 5.41) is 8.20. The molecule has 0 saturated carbocycles. The Labute approximate surface area is 128 Å². The second-order valence-electron chi connectivity index (χ2n) is 4.58. The predicted molar refractivity (Wildman–Crippen MR) is 88.4 cm³/mol. The lowest BCUT2D eigenvalue weighted by Gasteiger charge is -2.11. The number of fused-ring (bicyclic) bond motifs is 1. The van der Waals surface area contributed by atoms with Gasteiger partial charge in [-0.3, -0.25) is 4.98 Å². The van der Waals surface area contributed by atoms with Crippen LogP contribution in [-0.2, 0) is 0 Å². The number of aromatic nitrogens is 2. The molecule has 0 aliphatic rings. The van der Waals surface area contributed by atoms with E-state index < -0.39 is 0 Å². The summed E-state index contributed by atoms with van der Waals surface area (Å²) in [7, 11) is 0. The van der Waals surface area contributed by atoms with Crippen LogP contribution in [0.3, 0.4) is 0 Å². The van der Waals surface area contributed by atoms with Gasteiger partial charge >= 0.3 is 0 Å². The van der Waals surface area contributed by atoms with Gasteiger partial charge in [0.1, 0.15) is 5.82 Å². The smallest absolute Gasteiger partial charge is 0.127 e. The number of hydrogen-bond donors (Lipinski definition) is 2. The molecular weight excluding hydrogens is 284 g/mol. The van der Waals surface area contributed by atoms with E-state index in [2.05, 4.69) is 20.6 Å². The highest BCUT2D eigenvalue weighted by Gasteiger charge is 2.06. The lowest BCUT2D eigenvalue weighted by atomic mass is 10.2. The lowest BCUT2D eigenvalue weighted by Crippen LogP contribution is -2.00. The van der Waals surface area contributed by atoms with E-state index in [0.29, 0.717) is 5.02 Å². The van der Waals surface area contributed by atoms with Crippen molar-refractivity contribution in [3.05, 3.63) is 53.8 Å². The molecule has 0 spiro atoms. The molecule has 1 aromatic carbocycles. The van der Waals surface area contributed by atoms with E-state index in [9.17, 15) is 0 Å². The van der Waals surface area contributed by atoms with Crippen molar-refractivity contribution in [2.75, 3.05) is 17.2 Å². The Bertz CT molecular complexity index is 773. The van der Waals surface area contributed by atoms with Gasteiger partial charge in [0.2, 0.25) is 0 Å². The monoisotopic (exact) mass is 298 g/mol. The number of benzene rings is 1. The van der Waals surface area contributed by atoms with Gasteiger partial charge < -0.3 is 10.6 Å². The fourth-order valence-electron chi connectivity index (χ4n) is 2.18. The van der Waals surface area contributed by atoms with E-state index in [-0.39, 0.29) is 0 Å². The molecule has 2 N–H and O–H groups in total. The van der Waals surface area contributed by atoms with Crippen LogP contribution in [0, 0.1) is 0 Å². The molecule has 106 valence electrons. The largest absolute Gasteiger partial charge is 0.370 e. The van der Waals surface area contributed by atoms with E-state index in [1.165, 1.54) is 0 Å². The molecule has 2 aromatic heterocycles. The Hall–Kier alpha value is -2.33. The van der Waals surface area contributed by atoms with Crippen molar-refractivity contribution in [2.45, 2.75) is 6.92 Å². The summed E-state index contributed by atoms with van der Waals surface area (Å²) in [5.41, 5.74) is 2.73. The van der Waals surface area contributed by atoms with Gasteiger partial charge in [-0.25, -0.2) is 4.98 Å². The van der Waals surface area contributed by atoms with Crippen LogP contribution in [0.1, 0.15) is 6.92 Å². The fourth-order valence-corrected chi connectivity index (χ4v) is 2.40. The van der Waals surface area contributed by atoms with Gasteiger partial charge in [-0.15, -0.1) is 0 Å². The fraction of sp³-hybridized carbons (Fsp3) is 0.125. The van der Waals surface area contributed by atoms with Gasteiger partial charge in [-0.05, 0) is 37.3 Å². The maximum atomic E-state index is 6.21. The predicted octanol–water partition coefficient (Wildman–Crippen LogP) is 4.46. The highest BCUT2D eigenvalue weighted by molar-refractivity contribution is 6.35. The number of halogens is 1. The van der Waals surface area contributed by atoms with Gasteiger partial charge in [0.25, 0.3) is 0 Å². The van der Waals surface area contributed by atoms with Crippen LogP contribution in [0.25, 0.3) is 10.9 Å². The van der Waals surface area contributed by atoms with Crippen LogP contribution >= 0.6 is 11.6 Å². The maximum Gasteiger partial charge on any atom is 0.127 e. The molecule has 4 nitrogen and oxygen atoms in total. The summed E-state index contributed by atoms with van der Waals surface area (Å²) in [6.45, 7) is 2.88. The Morgan fingerprint density at radius 3 is 2.86 bits per heavy atom. The van der Waals surface area contributed by atoms with E-state index in [1.807, 2.05) is 43.3 Å². The Kier molecular flexibility index (Phi) is 3.88. The third-order valence-corrected chi connectivity index (χ3v) is 3.44. The summed E-state index contributed by atoms with van der Waals surface area (Å²) in [5.74, 6) is 0.841. The molecule has 0 aliphatic carbocycles. The molecule has 0 fully saturated rings. The third-order valence-electron chi connectivity index (χ3n) is 3.11. The van der Waals surface area contributed by atoms with E-state index >= 15 is 0 Å². The number of nitrogens with one attached hydrogen (secondary N) is 2. The zero-order valence-corrected chi connectivity index (χ0v) is 12.4. The van der Waals surface area contributed by atoms with Crippen LogP contribution < -0.4 is 10.6 Å². The van der Waals surface area contributed by atoms with Gasteiger partial charge in [0.15, 0.2) is 0 Å². The minimum atomic E-state index is 0.701. The first-order valence-corrected chi connectivity index (χ1v) is 7.16. The van der Waals surface area contributed by atoms with Crippen LogP contribution in [0.5, 0.6) is 0 Å². The summed E-state index contributed by atoms with van der Waals surface area (Å²) in [6, 6.07) is 11.5. The number of nitrogens with zero attached hydrogens (tertiary/aromatic N) is 2. The molecule has 2 heterocycles. The number of anilines is 3. The topological polar surface area (TPSA) is 49.8 Å². The molecular formula is C16H15ClN4. The average Bonchev–Trinajstić information content (AvgIpc) is 2.51.